The first-order chi connectivity index (χ1) is 11.5. The van der Waals surface area contributed by atoms with Crippen LogP contribution >= 0.6 is 0 Å². The molecule has 2 aromatic heterocycles. The first-order valence-corrected chi connectivity index (χ1v) is 7.94. The fraction of sp³-hybridized carbons (Fsp3) is 0.500. The van der Waals surface area contributed by atoms with E-state index in [1.165, 1.54) is 0 Å². The van der Waals surface area contributed by atoms with Gasteiger partial charge in [0.1, 0.15) is 5.82 Å². The lowest BCUT2D eigenvalue weighted by molar-refractivity contribution is 0.243. The highest BCUT2D eigenvalue weighted by Gasteiger charge is 2.32. The van der Waals surface area contributed by atoms with Crippen molar-refractivity contribution in [1.29, 1.82) is 0 Å². The normalized spacial score (nSPS) is 13.7. The summed E-state index contributed by atoms with van der Waals surface area (Å²) in [6.45, 7) is 8.23. The molecule has 0 spiro atoms. The summed E-state index contributed by atoms with van der Waals surface area (Å²) in [6, 6.07) is 5.65. The third-order valence-electron chi connectivity index (χ3n) is 3.88. The molecule has 130 valence electrons. The summed E-state index contributed by atoms with van der Waals surface area (Å²) in [5.74, 6) is 1.08. The van der Waals surface area contributed by atoms with Crippen molar-refractivity contribution in [3.8, 4) is 0 Å². The van der Waals surface area contributed by atoms with Crippen LogP contribution in [0.15, 0.2) is 30.5 Å². The average molecular weight is 332 g/mol. The summed E-state index contributed by atoms with van der Waals surface area (Å²) >= 11 is 0. The predicted molar refractivity (Wildman–Crippen MR) is 90.5 cm³/mol. The largest absolute Gasteiger partial charge is 0.513 e. The smallest absolute Gasteiger partial charge is 0.178 e. The second-order valence-electron chi connectivity index (χ2n) is 6.01. The number of rotatable bonds is 9. The molecule has 0 radical (unpaired) electrons. The minimum Gasteiger partial charge on any atom is -0.513 e. The number of anilines is 1. The molecule has 2 atom stereocenters. The fourth-order valence-corrected chi connectivity index (χ4v) is 2.89. The Morgan fingerprint density at radius 2 is 2.17 bits per heavy atom. The van der Waals surface area contributed by atoms with E-state index in [4.69, 9.17) is 5.11 Å². The maximum absolute atomic E-state index is 10.1. The lowest BCUT2D eigenvalue weighted by Gasteiger charge is -2.27. The summed E-state index contributed by atoms with van der Waals surface area (Å²) in [5.41, 5.74) is 0.833. The van der Waals surface area contributed by atoms with E-state index >= 15 is 0 Å². The number of nitrogens with zero attached hydrogens (tertiary/aromatic N) is 4. The zero-order valence-corrected chi connectivity index (χ0v) is 14.0. The van der Waals surface area contributed by atoms with Crippen molar-refractivity contribution in [3.63, 3.8) is 0 Å². The van der Waals surface area contributed by atoms with E-state index in [2.05, 4.69) is 37.5 Å². The van der Waals surface area contributed by atoms with Crippen LogP contribution in [0.4, 0.5) is 5.82 Å². The molecule has 0 aliphatic heterocycles. The van der Waals surface area contributed by atoms with E-state index in [1.54, 1.807) is 0 Å². The Bertz CT molecular complexity index is 644. The van der Waals surface area contributed by atoms with Gasteiger partial charge in [0.25, 0.3) is 0 Å². The minimum absolute atomic E-state index is 0.0388. The molecule has 2 rings (SSSR count). The quantitative estimate of drug-likeness (QED) is 0.516. The van der Waals surface area contributed by atoms with Gasteiger partial charge in [-0.15, -0.1) is 10.2 Å². The van der Waals surface area contributed by atoms with Gasteiger partial charge in [-0.25, -0.2) is 4.98 Å². The van der Waals surface area contributed by atoms with Gasteiger partial charge in [0.15, 0.2) is 5.82 Å². The topological polar surface area (TPSA) is 120 Å². The molecule has 0 saturated carbocycles. The Hall–Kier alpha value is -2.48. The number of aromatic nitrogens is 5. The zero-order valence-electron chi connectivity index (χ0n) is 14.0. The van der Waals surface area contributed by atoms with Gasteiger partial charge in [-0.3, -0.25) is 0 Å². The maximum Gasteiger partial charge on any atom is 0.178 e. The maximum atomic E-state index is 10.1. The van der Waals surface area contributed by atoms with Crippen molar-refractivity contribution in [3.05, 3.63) is 42.1 Å². The lowest BCUT2D eigenvalue weighted by Crippen LogP contribution is -2.24. The van der Waals surface area contributed by atoms with Crippen LogP contribution in [0.1, 0.15) is 31.3 Å². The molecule has 2 aromatic rings. The Morgan fingerprint density at radius 3 is 2.75 bits per heavy atom. The monoisotopic (exact) mass is 332 g/mol. The van der Waals surface area contributed by atoms with Crippen molar-refractivity contribution in [2.45, 2.75) is 26.2 Å². The van der Waals surface area contributed by atoms with E-state index in [1.807, 2.05) is 32.0 Å². The van der Waals surface area contributed by atoms with E-state index < -0.39 is 0 Å². The van der Waals surface area contributed by atoms with Crippen molar-refractivity contribution >= 4 is 5.82 Å². The number of H-pyrrole nitrogens is 1. The number of allylic oxidation sites excluding steroid dienone is 1. The van der Waals surface area contributed by atoms with Crippen LogP contribution in [0.2, 0.25) is 0 Å². The van der Waals surface area contributed by atoms with E-state index in [0.29, 0.717) is 24.6 Å². The van der Waals surface area contributed by atoms with Crippen LogP contribution in [0.25, 0.3) is 0 Å². The molecule has 0 fully saturated rings. The van der Waals surface area contributed by atoms with Crippen LogP contribution < -0.4 is 5.32 Å². The van der Waals surface area contributed by atoms with E-state index in [9.17, 15) is 5.11 Å². The van der Waals surface area contributed by atoms with Crippen molar-refractivity contribution < 1.29 is 10.2 Å². The summed E-state index contributed by atoms with van der Waals surface area (Å²) in [6.07, 6.45) is 0.538. The summed E-state index contributed by atoms with van der Waals surface area (Å²) in [7, 11) is 0. The number of hydrogen-bond donors (Lipinski definition) is 4. The molecule has 0 aliphatic rings. The minimum atomic E-state index is -0.210. The van der Waals surface area contributed by atoms with Crippen molar-refractivity contribution in [2.75, 3.05) is 18.5 Å². The number of pyridine rings is 1. The third-order valence-corrected chi connectivity index (χ3v) is 3.88. The van der Waals surface area contributed by atoms with E-state index in [0.717, 1.165) is 5.69 Å². The third kappa shape index (κ3) is 4.51. The fourth-order valence-electron chi connectivity index (χ4n) is 2.89. The van der Waals surface area contributed by atoms with Gasteiger partial charge in [-0.1, -0.05) is 31.7 Å². The average Bonchev–Trinajstić information content (AvgIpc) is 3.06. The van der Waals surface area contributed by atoms with Gasteiger partial charge in [0.2, 0.25) is 0 Å². The number of aromatic amines is 1. The number of tetrazole rings is 1. The molecular weight excluding hydrogens is 308 g/mol. The molecular formula is C16H24N6O2. The van der Waals surface area contributed by atoms with Crippen LogP contribution in [0, 0.1) is 11.8 Å². The highest BCUT2D eigenvalue weighted by atomic mass is 16.3. The number of aliphatic hydroxyl groups is 2. The molecule has 0 saturated heterocycles. The molecule has 8 heteroatoms. The second-order valence-corrected chi connectivity index (χ2v) is 6.01. The number of nitrogens with one attached hydrogen (secondary N) is 2. The molecule has 24 heavy (non-hydrogen) atoms. The Labute approximate surface area is 141 Å². The van der Waals surface area contributed by atoms with Gasteiger partial charge in [0, 0.05) is 30.5 Å². The van der Waals surface area contributed by atoms with Crippen molar-refractivity contribution in [1.82, 2.24) is 25.6 Å². The highest BCUT2D eigenvalue weighted by Crippen LogP contribution is 2.34. The predicted octanol–water partition coefficient (Wildman–Crippen LogP) is 1.67. The van der Waals surface area contributed by atoms with Gasteiger partial charge < -0.3 is 15.5 Å². The molecule has 0 unspecified atom stereocenters. The lowest BCUT2D eigenvalue weighted by atomic mass is 9.79. The summed E-state index contributed by atoms with van der Waals surface area (Å²) in [5, 5.41) is 36.3. The Kier molecular flexibility index (Phi) is 6.25. The Balaban J connectivity index is 2.27. The van der Waals surface area contributed by atoms with Gasteiger partial charge in [-0.2, -0.15) is 5.21 Å². The molecule has 4 N–H and O–H groups in total. The SMILES string of the molecule is C=C(O)[C@@H](C(C)C)[C@H](Cc1cccc(NCCO)n1)c1nn[nH]n1. The van der Waals surface area contributed by atoms with Crippen LogP contribution in [0.3, 0.4) is 0 Å². The standard InChI is InChI=1S/C16H24N6O2/c1-10(2)15(11(3)24)13(16-19-21-22-20-16)9-12-5-4-6-14(18-12)17-7-8-23/h4-6,10,13,15,23-24H,3,7-9H2,1-2H3,(H,17,18)(H,19,20,21,22)/t13-,15+/m0/s1. The van der Waals surface area contributed by atoms with Gasteiger partial charge in [-0.05, 0) is 18.1 Å². The van der Waals surface area contributed by atoms with Crippen molar-refractivity contribution in [2.24, 2.45) is 11.8 Å². The molecule has 8 nitrogen and oxygen atoms in total. The molecule has 2 heterocycles. The number of hydrogen-bond acceptors (Lipinski definition) is 7. The molecule has 0 amide bonds. The summed E-state index contributed by atoms with van der Waals surface area (Å²) in [4.78, 5) is 4.54. The first kappa shape index (κ1) is 17.9. The molecule has 0 aromatic carbocycles. The first-order valence-electron chi connectivity index (χ1n) is 7.94. The summed E-state index contributed by atoms with van der Waals surface area (Å²) < 4.78 is 0. The van der Waals surface area contributed by atoms with Crippen LogP contribution in [-0.2, 0) is 6.42 Å². The van der Waals surface area contributed by atoms with Crippen LogP contribution in [-0.4, -0.2) is 49.0 Å². The Morgan fingerprint density at radius 1 is 1.38 bits per heavy atom. The van der Waals surface area contributed by atoms with Gasteiger partial charge in [0.05, 0.1) is 12.4 Å². The van der Waals surface area contributed by atoms with Crippen LogP contribution in [0.5, 0.6) is 0 Å². The second kappa shape index (κ2) is 8.39. The molecule has 0 aliphatic carbocycles. The number of aliphatic hydroxyl groups excluding tert-OH is 2. The van der Waals surface area contributed by atoms with E-state index in [-0.39, 0.29) is 30.1 Å². The van der Waals surface area contributed by atoms with Gasteiger partial charge >= 0.3 is 0 Å². The zero-order chi connectivity index (χ0) is 17.5. The highest BCUT2D eigenvalue weighted by molar-refractivity contribution is 5.35. The molecule has 0 bridgehead atoms.